The highest BCUT2D eigenvalue weighted by Crippen LogP contribution is 2.53. The van der Waals surface area contributed by atoms with E-state index < -0.39 is 0 Å². The van der Waals surface area contributed by atoms with Crippen molar-refractivity contribution in [1.29, 1.82) is 0 Å². The molecular weight excluding hydrogens is 777 g/mol. The van der Waals surface area contributed by atoms with Crippen molar-refractivity contribution in [3.05, 3.63) is 167 Å². The van der Waals surface area contributed by atoms with E-state index in [-0.39, 0.29) is 23.1 Å². The minimum Gasteiger partial charge on any atom is -0.435 e. The monoisotopic (exact) mass is 833 g/mol. The molecule has 2 aliphatic rings. The lowest BCUT2D eigenvalue weighted by molar-refractivity contribution is 0.589. The van der Waals surface area contributed by atoms with Crippen LogP contribution in [0, 0.1) is 13.8 Å². The Balaban J connectivity index is 1.37. The topological polar surface area (TPSA) is 34.2 Å². The van der Waals surface area contributed by atoms with Crippen LogP contribution < -0.4 is 15.8 Å². The molecule has 0 fully saturated rings. The summed E-state index contributed by atoms with van der Waals surface area (Å²) >= 11 is 0. The third kappa shape index (κ3) is 6.07. The molecule has 9 aromatic rings. The SMILES string of the molecule is Cc1cccc(C)c1-c1nc2cc3c(-c4ccccc4)c(-c4ccccc4)n4c3c(c2o1)-c1cc(C(C)(C)C)cc2c1B4c1cc(C(C)(C)C)ccc1N2c1ccc(C(C)(C)C)cc1. The van der Waals surface area contributed by atoms with Crippen molar-refractivity contribution in [1.82, 2.24) is 9.46 Å². The van der Waals surface area contributed by atoms with Gasteiger partial charge in [-0.25, -0.2) is 4.98 Å². The quantitative estimate of drug-likeness (QED) is 0.166. The molecule has 64 heavy (non-hydrogen) atoms. The zero-order chi connectivity index (χ0) is 44.6. The molecule has 0 radical (unpaired) electrons. The van der Waals surface area contributed by atoms with Gasteiger partial charge in [-0.3, -0.25) is 0 Å². The van der Waals surface area contributed by atoms with Gasteiger partial charge in [0.15, 0.2) is 5.58 Å². The number of rotatable bonds is 4. The molecule has 0 atom stereocenters. The van der Waals surface area contributed by atoms with Crippen LogP contribution in [0.4, 0.5) is 17.1 Å². The van der Waals surface area contributed by atoms with Gasteiger partial charge in [0.05, 0.1) is 0 Å². The van der Waals surface area contributed by atoms with Crippen LogP contribution in [0.3, 0.4) is 0 Å². The van der Waals surface area contributed by atoms with E-state index in [0.29, 0.717) is 5.89 Å². The van der Waals surface area contributed by atoms with Gasteiger partial charge in [0.1, 0.15) is 5.52 Å². The zero-order valence-electron chi connectivity index (χ0n) is 39.1. The van der Waals surface area contributed by atoms with Crippen molar-refractivity contribution in [3.63, 3.8) is 0 Å². The van der Waals surface area contributed by atoms with Crippen LogP contribution in [-0.2, 0) is 16.2 Å². The summed E-state index contributed by atoms with van der Waals surface area (Å²) in [4.78, 5) is 7.98. The number of aromatic nitrogens is 2. The Bertz CT molecular complexity index is 3310. The van der Waals surface area contributed by atoms with Crippen LogP contribution in [-0.4, -0.2) is 16.3 Å². The van der Waals surface area contributed by atoms with Crippen LogP contribution in [0.1, 0.15) is 90.1 Å². The van der Waals surface area contributed by atoms with E-state index in [1.165, 1.54) is 77.8 Å². The second kappa shape index (κ2) is 14.0. The van der Waals surface area contributed by atoms with E-state index in [1.807, 2.05) is 0 Å². The van der Waals surface area contributed by atoms with E-state index in [4.69, 9.17) is 9.40 Å². The maximum Gasteiger partial charge on any atom is 0.333 e. The number of benzene rings is 7. The Hall–Kier alpha value is -6.59. The highest BCUT2D eigenvalue weighted by atomic mass is 16.3. The molecule has 0 saturated heterocycles. The van der Waals surface area contributed by atoms with E-state index >= 15 is 0 Å². The molecule has 316 valence electrons. The van der Waals surface area contributed by atoms with Gasteiger partial charge < -0.3 is 13.8 Å². The number of fused-ring (bicyclic) bond motifs is 6. The average molecular weight is 834 g/mol. The maximum absolute atomic E-state index is 7.26. The van der Waals surface area contributed by atoms with Crippen molar-refractivity contribution in [2.75, 3.05) is 4.90 Å². The number of nitrogens with zero attached hydrogens (tertiary/aromatic N) is 3. The first-order valence-electron chi connectivity index (χ1n) is 22.9. The van der Waals surface area contributed by atoms with Gasteiger partial charge in [0.25, 0.3) is 0 Å². The molecule has 0 unspecified atom stereocenters. The Morgan fingerprint density at radius 1 is 0.531 bits per heavy atom. The van der Waals surface area contributed by atoms with Gasteiger partial charge >= 0.3 is 6.85 Å². The molecule has 0 bridgehead atoms. The summed E-state index contributed by atoms with van der Waals surface area (Å²) in [5.41, 5.74) is 23.1. The molecule has 4 nitrogen and oxygen atoms in total. The summed E-state index contributed by atoms with van der Waals surface area (Å²) in [5.74, 6) is 0.661. The van der Waals surface area contributed by atoms with Gasteiger partial charge in [-0.15, -0.1) is 0 Å². The van der Waals surface area contributed by atoms with Crippen LogP contribution in [0.15, 0.2) is 144 Å². The standard InChI is InChI=1S/C59H56BN3O/c1-35-19-18-20-36(2)49(35)56-61-46-34-44-50(37-21-14-12-15-22-37)53(38-23-16-13-17-24-38)63-54(44)51(55(46)64-56)43-31-41(59(9,10)11)33-48-52(43)60(63)45-32-40(58(6,7)8)27-30-47(45)62(48)42-28-25-39(26-29-42)57(3,4)5/h12-34H,1-11H3. The Labute approximate surface area is 378 Å². The predicted molar refractivity (Wildman–Crippen MR) is 272 cm³/mol. The maximum atomic E-state index is 7.26. The summed E-state index contributed by atoms with van der Waals surface area (Å²) in [5, 5.41) is 1.18. The van der Waals surface area contributed by atoms with Gasteiger partial charge in [-0.05, 0) is 116 Å². The second-order valence-corrected chi connectivity index (χ2v) is 21.4. The van der Waals surface area contributed by atoms with Crippen molar-refractivity contribution < 1.29 is 4.42 Å². The molecule has 0 N–H and O–H groups in total. The van der Waals surface area contributed by atoms with Crippen LogP contribution in [0.5, 0.6) is 0 Å². The minimum atomic E-state index is -0.152. The molecule has 0 aliphatic carbocycles. The lowest BCUT2D eigenvalue weighted by atomic mass is 9.44. The van der Waals surface area contributed by atoms with Crippen molar-refractivity contribution in [2.24, 2.45) is 0 Å². The minimum absolute atomic E-state index is 0.0301. The molecule has 2 aliphatic heterocycles. The Morgan fingerprint density at radius 2 is 1.14 bits per heavy atom. The number of anilines is 3. The predicted octanol–water partition coefficient (Wildman–Crippen LogP) is 14.7. The number of hydrogen-bond acceptors (Lipinski definition) is 3. The molecule has 4 heterocycles. The van der Waals surface area contributed by atoms with Crippen LogP contribution in [0.2, 0.25) is 0 Å². The van der Waals surface area contributed by atoms with Crippen LogP contribution >= 0.6 is 0 Å². The van der Waals surface area contributed by atoms with Crippen LogP contribution in [0.25, 0.3) is 67.0 Å². The Morgan fingerprint density at radius 3 is 1.77 bits per heavy atom. The molecule has 0 amide bonds. The van der Waals surface area contributed by atoms with Crippen molar-refractivity contribution in [3.8, 4) is 45.0 Å². The van der Waals surface area contributed by atoms with E-state index in [1.54, 1.807) is 0 Å². The molecule has 0 saturated carbocycles. The first-order valence-corrected chi connectivity index (χ1v) is 22.9. The summed E-state index contributed by atoms with van der Waals surface area (Å²) < 4.78 is 9.95. The lowest BCUT2D eigenvalue weighted by Crippen LogP contribution is -2.57. The fourth-order valence-electron chi connectivity index (χ4n) is 10.5. The molecule has 0 spiro atoms. The molecule has 2 aromatic heterocycles. The van der Waals surface area contributed by atoms with Gasteiger partial charge in [-0.2, -0.15) is 0 Å². The first-order chi connectivity index (χ1) is 30.5. The molecular formula is C59H56BN3O. The second-order valence-electron chi connectivity index (χ2n) is 21.4. The molecule has 5 heteroatoms. The largest absolute Gasteiger partial charge is 0.435 e. The number of aryl methyl sites for hydroxylation is 2. The summed E-state index contributed by atoms with van der Waals surface area (Å²) in [6, 6.07) is 52.3. The fraction of sp³-hybridized carbons (Fsp3) is 0.237. The summed E-state index contributed by atoms with van der Waals surface area (Å²) in [7, 11) is 0. The number of oxazole rings is 1. The number of hydrogen-bond donors (Lipinski definition) is 0. The third-order valence-corrected chi connectivity index (χ3v) is 13.9. The molecule has 7 aromatic carbocycles. The highest BCUT2D eigenvalue weighted by Gasteiger charge is 2.46. The third-order valence-electron chi connectivity index (χ3n) is 13.9. The Kier molecular flexibility index (Phi) is 8.77. The van der Waals surface area contributed by atoms with Crippen molar-refractivity contribution in [2.45, 2.75) is 92.4 Å². The van der Waals surface area contributed by atoms with Gasteiger partial charge in [0, 0.05) is 50.3 Å². The first kappa shape index (κ1) is 40.2. The summed E-state index contributed by atoms with van der Waals surface area (Å²) in [6.07, 6.45) is 0. The molecule has 11 rings (SSSR count). The fourth-order valence-corrected chi connectivity index (χ4v) is 10.5. The normalized spacial score (nSPS) is 13.5. The van der Waals surface area contributed by atoms with E-state index in [2.05, 4.69) is 225 Å². The zero-order valence-corrected chi connectivity index (χ0v) is 39.1. The van der Waals surface area contributed by atoms with Gasteiger partial charge in [-0.1, -0.05) is 172 Å². The van der Waals surface area contributed by atoms with E-state index in [9.17, 15) is 0 Å². The average Bonchev–Trinajstić information content (AvgIpc) is 3.83. The highest BCUT2D eigenvalue weighted by molar-refractivity contribution is 6.90. The lowest BCUT2D eigenvalue weighted by Gasteiger charge is -2.42. The smallest absolute Gasteiger partial charge is 0.333 e. The van der Waals surface area contributed by atoms with Crippen molar-refractivity contribution >= 4 is 56.8 Å². The summed E-state index contributed by atoms with van der Waals surface area (Å²) in [6.45, 7) is 25.0. The van der Waals surface area contributed by atoms with Gasteiger partial charge in [0.2, 0.25) is 5.89 Å². The van der Waals surface area contributed by atoms with E-state index in [0.717, 1.165) is 39.0 Å².